The van der Waals surface area contributed by atoms with Crippen LogP contribution in [-0.4, -0.2) is 43.7 Å². The van der Waals surface area contributed by atoms with Crippen LogP contribution in [0.25, 0.3) is 0 Å². The summed E-state index contributed by atoms with van der Waals surface area (Å²) in [6.45, 7) is 6.49. The Morgan fingerprint density at radius 2 is 2.33 bits per heavy atom. The molecule has 21 heavy (non-hydrogen) atoms. The minimum absolute atomic E-state index is 0.00411. The molecule has 1 aliphatic rings. The molecular weight excluding hydrogens is 334 g/mol. The van der Waals surface area contributed by atoms with Gasteiger partial charge in [-0.3, -0.25) is 0 Å². The maximum atomic E-state index is 11.5. The van der Waals surface area contributed by atoms with E-state index >= 15 is 0 Å². The fraction of sp³-hybridized carbons (Fsp3) is 0.533. The molecule has 116 valence electrons. The number of nitrogens with one attached hydrogen (secondary N) is 2. The second-order valence-corrected chi connectivity index (χ2v) is 5.83. The zero-order valence-corrected chi connectivity index (χ0v) is 13.9. The van der Waals surface area contributed by atoms with Crippen LogP contribution >= 0.6 is 15.9 Å². The first-order chi connectivity index (χ1) is 10.2. The number of rotatable bonds is 8. The van der Waals surface area contributed by atoms with Gasteiger partial charge >= 0.3 is 6.03 Å². The van der Waals surface area contributed by atoms with Crippen LogP contribution in [0.1, 0.15) is 18.9 Å². The number of amides is 2. The molecule has 2 rings (SSSR count). The summed E-state index contributed by atoms with van der Waals surface area (Å²) in [6, 6.07) is 6.04. The predicted octanol–water partition coefficient (Wildman–Crippen LogP) is 2.35. The molecule has 1 fully saturated rings. The smallest absolute Gasteiger partial charge is 0.317 e. The van der Waals surface area contributed by atoms with Crippen molar-refractivity contribution in [3.63, 3.8) is 0 Å². The summed E-state index contributed by atoms with van der Waals surface area (Å²) >= 11 is 3.54. The van der Waals surface area contributed by atoms with Gasteiger partial charge in [-0.2, -0.15) is 0 Å². The zero-order chi connectivity index (χ0) is 15.1. The molecule has 2 amide bonds. The second-order valence-electron chi connectivity index (χ2n) is 4.97. The van der Waals surface area contributed by atoms with Gasteiger partial charge in [-0.05, 0) is 35.0 Å². The standard InChI is InChI=1S/C15H22BrN3O2/c1-2-6-17-11-12-4-3-5-13(16)14(12)21-10-9-19-8-7-18-15(19)20/h3-5,17H,2,6-11H2,1H3,(H,18,20). The Bertz CT molecular complexity index is 482. The lowest BCUT2D eigenvalue weighted by molar-refractivity contribution is 0.202. The number of ether oxygens (including phenoxy) is 1. The molecule has 1 aromatic carbocycles. The average Bonchev–Trinajstić information content (AvgIpc) is 2.87. The predicted molar refractivity (Wildman–Crippen MR) is 86.6 cm³/mol. The van der Waals surface area contributed by atoms with Crippen molar-refractivity contribution >= 4 is 22.0 Å². The second kappa shape index (κ2) is 8.24. The summed E-state index contributed by atoms with van der Waals surface area (Å²) in [6.07, 6.45) is 1.11. The van der Waals surface area contributed by atoms with E-state index in [1.54, 1.807) is 4.90 Å². The Labute approximate surface area is 134 Å². The van der Waals surface area contributed by atoms with Gasteiger partial charge < -0.3 is 20.3 Å². The van der Waals surface area contributed by atoms with E-state index in [0.29, 0.717) is 13.2 Å². The van der Waals surface area contributed by atoms with Crippen molar-refractivity contribution in [1.29, 1.82) is 0 Å². The fourth-order valence-corrected chi connectivity index (χ4v) is 2.76. The van der Waals surface area contributed by atoms with Gasteiger partial charge in [0.05, 0.1) is 11.0 Å². The van der Waals surface area contributed by atoms with Crippen LogP contribution in [0.5, 0.6) is 5.75 Å². The van der Waals surface area contributed by atoms with Crippen molar-refractivity contribution in [2.45, 2.75) is 19.9 Å². The molecule has 0 aliphatic carbocycles. The molecule has 0 radical (unpaired) electrons. The van der Waals surface area contributed by atoms with Gasteiger partial charge in [0.15, 0.2) is 0 Å². The molecule has 1 saturated heterocycles. The molecule has 0 saturated carbocycles. The van der Waals surface area contributed by atoms with E-state index < -0.39 is 0 Å². The van der Waals surface area contributed by atoms with Gasteiger partial charge in [0.1, 0.15) is 12.4 Å². The average molecular weight is 356 g/mol. The Kier molecular flexibility index (Phi) is 6.32. The van der Waals surface area contributed by atoms with Gasteiger partial charge in [-0.25, -0.2) is 4.79 Å². The molecule has 5 nitrogen and oxygen atoms in total. The number of carbonyl (C=O) groups excluding carboxylic acids is 1. The molecule has 1 aliphatic heterocycles. The number of hydrogen-bond donors (Lipinski definition) is 2. The largest absolute Gasteiger partial charge is 0.490 e. The van der Waals surface area contributed by atoms with E-state index in [0.717, 1.165) is 48.4 Å². The molecule has 2 N–H and O–H groups in total. The van der Waals surface area contributed by atoms with Crippen LogP contribution in [0, 0.1) is 0 Å². The quantitative estimate of drug-likeness (QED) is 0.703. The zero-order valence-electron chi connectivity index (χ0n) is 12.3. The summed E-state index contributed by atoms with van der Waals surface area (Å²) in [4.78, 5) is 13.2. The van der Waals surface area contributed by atoms with E-state index in [1.165, 1.54) is 0 Å². The van der Waals surface area contributed by atoms with Crippen LogP contribution < -0.4 is 15.4 Å². The lowest BCUT2D eigenvalue weighted by Crippen LogP contribution is -2.32. The monoisotopic (exact) mass is 355 g/mol. The first-order valence-electron chi connectivity index (χ1n) is 7.36. The number of hydrogen-bond acceptors (Lipinski definition) is 3. The maximum Gasteiger partial charge on any atom is 0.317 e. The van der Waals surface area contributed by atoms with E-state index in [4.69, 9.17) is 4.74 Å². The molecule has 6 heteroatoms. The Hall–Kier alpha value is -1.27. The van der Waals surface area contributed by atoms with Gasteiger partial charge in [0.25, 0.3) is 0 Å². The van der Waals surface area contributed by atoms with Crippen LogP contribution in [0.4, 0.5) is 4.79 Å². The van der Waals surface area contributed by atoms with E-state index in [1.807, 2.05) is 12.1 Å². The van der Waals surface area contributed by atoms with Crippen molar-refractivity contribution in [1.82, 2.24) is 15.5 Å². The molecule has 0 bridgehead atoms. The van der Waals surface area contributed by atoms with Crippen molar-refractivity contribution < 1.29 is 9.53 Å². The lowest BCUT2D eigenvalue weighted by atomic mass is 10.2. The third-order valence-corrected chi connectivity index (χ3v) is 3.97. The fourth-order valence-electron chi connectivity index (χ4n) is 2.24. The highest BCUT2D eigenvalue weighted by atomic mass is 79.9. The SMILES string of the molecule is CCCNCc1cccc(Br)c1OCCN1CCNC1=O. The van der Waals surface area contributed by atoms with Crippen LogP contribution in [0.2, 0.25) is 0 Å². The Balaban J connectivity index is 1.90. The van der Waals surface area contributed by atoms with Crippen molar-refractivity contribution in [3.8, 4) is 5.75 Å². The Morgan fingerprint density at radius 1 is 1.48 bits per heavy atom. The number of nitrogens with zero attached hydrogens (tertiary/aromatic N) is 1. The molecule has 1 heterocycles. The number of urea groups is 1. The summed E-state index contributed by atoms with van der Waals surface area (Å²) in [5.41, 5.74) is 1.13. The first-order valence-corrected chi connectivity index (χ1v) is 8.15. The maximum absolute atomic E-state index is 11.5. The molecule has 0 aromatic heterocycles. The summed E-state index contributed by atoms with van der Waals surface area (Å²) in [5, 5.41) is 6.17. The summed E-state index contributed by atoms with van der Waals surface area (Å²) in [5.74, 6) is 0.862. The van der Waals surface area contributed by atoms with Crippen LogP contribution in [0.3, 0.4) is 0 Å². The van der Waals surface area contributed by atoms with Crippen molar-refractivity contribution in [2.24, 2.45) is 0 Å². The first kappa shape index (κ1) is 16.1. The molecule has 0 spiro atoms. The number of para-hydroxylation sites is 1. The van der Waals surface area contributed by atoms with Gasteiger partial charge in [0.2, 0.25) is 0 Å². The van der Waals surface area contributed by atoms with Gasteiger partial charge in [-0.15, -0.1) is 0 Å². The highest BCUT2D eigenvalue weighted by Crippen LogP contribution is 2.29. The highest BCUT2D eigenvalue weighted by molar-refractivity contribution is 9.10. The Morgan fingerprint density at radius 3 is 3.05 bits per heavy atom. The van der Waals surface area contributed by atoms with Gasteiger partial charge in [-0.1, -0.05) is 19.1 Å². The summed E-state index contributed by atoms with van der Waals surface area (Å²) < 4.78 is 6.85. The number of benzene rings is 1. The van der Waals surface area contributed by atoms with Crippen molar-refractivity contribution in [3.05, 3.63) is 28.2 Å². The van der Waals surface area contributed by atoms with E-state index in [2.05, 4.69) is 39.6 Å². The molecule has 1 aromatic rings. The van der Waals surface area contributed by atoms with Crippen LogP contribution in [-0.2, 0) is 6.54 Å². The molecule has 0 unspecified atom stereocenters. The van der Waals surface area contributed by atoms with Gasteiger partial charge in [0, 0.05) is 25.2 Å². The molecule has 0 atom stereocenters. The highest BCUT2D eigenvalue weighted by Gasteiger charge is 2.19. The topological polar surface area (TPSA) is 53.6 Å². The third kappa shape index (κ3) is 4.61. The van der Waals surface area contributed by atoms with E-state index in [-0.39, 0.29) is 6.03 Å². The third-order valence-electron chi connectivity index (χ3n) is 3.34. The normalized spacial score (nSPS) is 14.4. The summed E-state index contributed by atoms with van der Waals surface area (Å²) in [7, 11) is 0. The van der Waals surface area contributed by atoms with Crippen molar-refractivity contribution in [2.75, 3.05) is 32.8 Å². The molecular formula is C15H22BrN3O2. The number of halogens is 1. The lowest BCUT2D eigenvalue weighted by Gasteiger charge is -2.17. The number of carbonyl (C=O) groups is 1. The minimum Gasteiger partial charge on any atom is -0.490 e. The minimum atomic E-state index is -0.00411. The van der Waals surface area contributed by atoms with E-state index in [9.17, 15) is 4.79 Å². The van der Waals surface area contributed by atoms with Crippen LogP contribution in [0.15, 0.2) is 22.7 Å².